The summed E-state index contributed by atoms with van der Waals surface area (Å²) >= 11 is 0. The van der Waals surface area contributed by atoms with E-state index in [1.165, 1.54) is 7.11 Å². The minimum Gasteiger partial charge on any atom is -0.469 e. The van der Waals surface area contributed by atoms with Crippen molar-refractivity contribution in [1.29, 1.82) is 0 Å². The molecule has 3 nitrogen and oxygen atoms in total. The zero-order valence-corrected chi connectivity index (χ0v) is 8.32. The average Bonchev–Trinajstić information content (AvgIpc) is 2.11. The first-order valence-electron chi connectivity index (χ1n) is 4.88. The monoisotopic (exact) mass is 186 g/mol. The number of ether oxygens (including phenoxy) is 1. The Bertz CT molecular complexity index is 179. The van der Waals surface area contributed by atoms with Crippen LogP contribution in [0.1, 0.15) is 32.6 Å². The first-order valence-corrected chi connectivity index (χ1v) is 4.88. The lowest BCUT2D eigenvalue weighted by Gasteiger charge is -2.30. The van der Waals surface area contributed by atoms with Gasteiger partial charge < -0.3 is 9.84 Å². The van der Waals surface area contributed by atoms with Crippen molar-refractivity contribution in [3.8, 4) is 0 Å². The van der Waals surface area contributed by atoms with E-state index < -0.39 is 0 Å². The van der Waals surface area contributed by atoms with E-state index in [4.69, 9.17) is 0 Å². The van der Waals surface area contributed by atoms with Gasteiger partial charge in [0.15, 0.2) is 0 Å². The molecule has 0 heterocycles. The van der Waals surface area contributed by atoms with Crippen LogP contribution in [0.5, 0.6) is 0 Å². The molecule has 0 aromatic rings. The fourth-order valence-corrected chi connectivity index (χ4v) is 2.00. The van der Waals surface area contributed by atoms with E-state index in [-0.39, 0.29) is 12.1 Å². The minimum absolute atomic E-state index is 0.131. The number of aliphatic hydroxyl groups is 1. The molecule has 3 heteroatoms. The Balaban J connectivity index is 2.33. The van der Waals surface area contributed by atoms with Crippen molar-refractivity contribution in [3.63, 3.8) is 0 Å². The predicted molar refractivity (Wildman–Crippen MR) is 49.1 cm³/mol. The van der Waals surface area contributed by atoms with Gasteiger partial charge in [-0.15, -0.1) is 0 Å². The second-order valence-corrected chi connectivity index (χ2v) is 4.00. The highest BCUT2D eigenvalue weighted by atomic mass is 16.5. The maximum Gasteiger partial charge on any atom is 0.305 e. The molecule has 0 radical (unpaired) electrons. The Hall–Kier alpha value is -0.570. The molecule has 0 spiro atoms. The Kier molecular flexibility index (Phi) is 3.72. The number of esters is 1. The summed E-state index contributed by atoms with van der Waals surface area (Å²) in [6, 6.07) is 0. The molecule has 1 aliphatic rings. The Morgan fingerprint density at radius 3 is 2.77 bits per heavy atom. The van der Waals surface area contributed by atoms with Gasteiger partial charge in [-0.1, -0.05) is 6.92 Å². The van der Waals surface area contributed by atoms with Crippen molar-refractivity contribution < 1.29 is 14.6 Å². The third kappa shape index (κ3) is 2.99. The van der Waals surface area contributed by atoms with Crippen LogP contribution in [0.4, 0.5) is 0 Å². The number of carbonyl (C=O) groups excluding carboxylic acids is 1. The van der Waals surface area contributed by atoms with Crippen LogP contribution in [-0.2, 0) is 9.53 Å². The van der Waals surface area contributed by atoms with Crippen molar-refractivity contribution in [2.24, 2.45) is 11.8 Å². The molecule has 76 valence electrons. The highest BCUT2D eigenvalue weighted by Gasteiger charge is 2.27. The highest BCUT2D eigenvalue weighted by Crippen LogP contribution is 2.31. The molecule has 1 rings (SSSR count). The van der Waals surface area contributed by atoms with E-state index >= 15 is 0 Å². The number of carbonyl (C=O) groups is 1. The molecule has 0 amide bonds. The second kappa shape index (κ2) is 4.61. The van der Waals surface area contributed by atoms with Crippen molar-refractivity contribution in [2.45, 2.75) is 38.7 Å². The Morgan fingerprint density at radius 1 is 1.54 bits per heavy atom. The predicted octanol–water partition coefficient (Wildman–Crippen LogP) is 1.35. The van der Waals surface area contributed by atoms with E-state index in [2.05, 4.69) is 4.74 Å². The number of rotatable bonds is 2. The van der Waals surface area contributed by atoms with Crippen LogP contribution in [0, 0.1) is 11.8 Å². The van der Waals surface area contributed by atoms with Crippen molar-refractivity contribution in [2.75, 3.05) is 7.11 Å². The van der Waals surface area contributed by atoms with E-state index in [9.17, 15) is 9.90 Å². The van der Waals surface area contributed by atoms with Gasteiger partial charge in [-0.05, 0) is 31.1 Å². The summed E-state index contributed by atoms with van der Waals surface area (Å²) in [5.74, 6) is 0.600. The van der Waals surface area contributed by atoms with Gasteiger partial charge in [0.1, 0.15) is 0 Å². The lowest BCUT2D eigenvalue weighted by Crippen LogP contribution is -2.28. The number of aliphatic hydroxyl groups excluding tert-OH is 1. The first kappa shape index (κ1) is 10.5. The number of hydrogen-bond donors (Lipinski definition) is 1. The average molecular weight is 186 g/mol. The smallest absolute Gasteiger partial charge is 0.305 e. The minimum atomic E-state index is -0.172. The standard InChI is InChI=1S/C10H18O3/c1-7-5-8(3-4-9(7)11)6-10(12)13-2/h7-9,11H,3-6H2,1-2H3/t7?,8-,9?/m1/s1. The maximum atomic E-state index is 11.0. The molecule has 1 N–H and O–H groups in total. The highest BCUT2D eigenvalue weighted by molar-refractivity contribution is 5.69. The lowest BCUT2D eigenvalue weighted by molar-refractivity contribution is -0.142. The molecule has 0 aromatic heterocycles. The fourth-order valence-electron chi connectivity index (χ4n) is 2.00. The molecule has 13 heavy (non-hydrogen) atoms. The normalized spacial score (nSPS) is 34.2. The maximum absolute atomic E-state index is 11.0. The summed E-state index contributed by atoms with van der Waals surface area (Å²) in [4.78, 5) is 11.0. The molecule has 1 aliphatic carbocycles. The van der Waals surface area contributed by atoms with Crippen molar-refractivity contribution >= 4 is 5.97 Å². The van der Waals surface area contributed by atoms with Crippen molar-refractivity contribution in [3.05, 3.63) is 0 Å². The summed E-state index contributed by atoms with van der Waals surface area (Å²) < 4.78 is 4.61. The van der Waals surface area contributed by atoms with Gasteiger partial charge in [0, 0.05) is 6.42 Å². The topological polar surface area (TPSA) is 46.5 Å². The molecule has 3 atom stereocenters. The van der Waals surface area contributed by atoms with E-state index in [1.807, 2.05) is 6.92 Å². The summed E-state index contributed by atoms with van der Waals surface area (Å²) in [5, 5.41) is 9.47. The van der Waals surface area contributed by atoms with Crippen molar-refractivity contribution in [1.82, 2.24) is 0 Å². The molecule has 2 unspecified atom stereocenters. The third-order valence-electron chi connectivity index (χ3n) is 2.92. The molecule has 0 aliphatic heterocycles. The van der Waals surface area contributed by atoms with Crippen LogP contribution < -0.4 is 0 Å². The molecule has 0 saturated heterocycles. The molecular formula is C10H18O3. The van der Waals surface area contributed by atoms with Gasteiger partial charge >= 0.3 is 5.97 Å². The van der Waals surface area contributed by atoms with Crippen LogP contribution in [0.25, 0.3) is 0 Å². The van der Waals surface area contributed by atoms with Crippen LogP contribution in [-0.4, -0.2) is 24.3 Å². The Morgan fingerprint density at radius 2 is 2.23 bits per heavy atom. The first-order chi connectivity index (χ1) is 6.13. The number of hydrogen-bond acceptors (Lipinski definition) is 3. The molecule has 0 bridgehead atoms. The largest absolute Gasteiger partial charge is 0.469 e. The quantitative estimate of drug-likeness (QED) is 0.662. The zero-order chi connectivity index (χ0) is 9.84. The summed E-state index contributed by atoms with van der Waals surface area (Å²) in [6.07, 6.45) is 3.04. The fraction of sp³-hybridized carbons (Fsp3) is 0.900. The van der Waals surface area contributed by atoms with Crippen LogP contribution in [0.2, 0.25) is 0 Å². The summed E-state index contributed by atoms with van der Waals surface area (Å²) in [7, 11) is 1.42. The lowest BCUT2D eigenvalue weighted by atomic mass is 9.79. The zero-order valence-electron chi connectivity index (χ0n) is 8.32. The van der Waals surface area contributed by atoms with E-state index in [0.29, 0.717) is 18.3 Å². The van der Waals surface area contributed by atoms with Gasteiger partial charge in [0.05, 0.1) is 13.2 Å². The summed E-state index contributed by atoms with van der Waals surface area (Å²) in [6.45, 7) is 2.04. The van der Waals surface area contributed by atoms with Gasteiger partial charge in [-0.25, -0.2) is 0 Å². The van der Waals surface area contributed by atoms with Gasteiger partial charge in [-0.2, -0.15) is 0 Å². The van der Waals surface area contributed by atoms with Gasteiger partial charge in [-0.3, -0.25) is 4.79 Å². The van der Waals surface area contributed by atoms with Gasteiger partial charge in [0.2, 0.25) is 0 Å². The molecule has 1 fully saturated rings. The molecule has 0 aromatic carbocycles. The molecule has 1 saturated carbocycles. The Labute approximate surface area is 79.1 Å². The van der Waals surface area contributed by atoms with E-state index in [1.54, 1.807) is 0 Å². The number of methoxy groups -OCH3 is 1. The van der Waals surface area contributed by atoms with Gasteiger partial charge in [0.25, 0.3) is 0 Å². The van der Waals surface area contributed by atoms with E-state index in [0.717, 1.165) is 19.3 Å². The SMILES string of the molecule is COC(=O)C[C@@H]1CCC(O)C(C)C1. The van der Waals surface area contributed by atoms with Crippen LogP contribution >= 0.6 is 0 Å². The third-order valence-corrected chi connectivity index (χ3v) is 2.92. The van der Waals surface area contributed by atoms with Crippen LogP contribution in [0.15, 0.2) is 0 Å². The van der Waals surface area contributed by atoms with Crippen LogP contribution in [0.3, 0.4) is 0 Å². The summed E-state index contributed by atoms with van der Waals surface area (Å²) in [5.41, 5.74) is 0. The second-order valence-electron chi connectivity index (χ2n) is 4.00. The molecular weight excluding hydrogens is 168 g/mol.